The van der Waals surface area contributed by atoms with E-state index in [0.29, 0.717) is 11.3 Å². The molecule has 3 aromatic rings. The van der Waals surface area contributed by atoms with Crippen molar-refractivity contribution in [1.29, 1.82) is 0 Å². The molecular formula is C22H15ClN2O7S. The van der Waals surface area contributed by atoms with Crippen molar-refractivity contribution in [2.75, 3.05) is 11.9 Å². The summed E-state index contributed by atoms with van der Waals surface area (Å²) in [5.74, 6) is -2.47. The Morgan fingerprint density at radius 2 is 1.82 bits per heavy atom. The van der Waals surface area contributed by atoms with E-state index in [1.807, 2.05) is 0 Å². The van der Waals surface area contributed by atoms with Gasteiger partial charge in [0.2, 0.25) is 9.84 Å². The molecular weight excluding hydrogens is 472 g/mol. The number of anilines is 1. The molecule has 1 N–H and O–H groups in total. The first-order valence-corrected chi connectivity index (χ1v) is 11.6. The molecule has 1 spiro atoms. The van der Waals surface area contributed by atoms with Crippen molar-refractivity contribution in [2.45, 2.75) is 21.7 Å². The number of nitro benzene ring substituents is 1. The molecule has 33 heavy (non-hydrogen) atoms. The van der Waals surface area contributed by atoms with E-state index in [1.54, 1.807) is 18.2 Å². The quantitative estimate of drug-likeness (QED) is 0.437. The summed E-state index contributed by atoms with van der Waals surface area (Å²) < 4.78 is 38.0. The third-order valence-electron chi connectivity index (χ3n) is 5.54. The van der Waals surface area contributed by atoms with Gasteiger partial charge in [-0.25, -0.2) is 8.42 Å². The average Bonchev–Trinajstić information content (AvgIpc) is 3.36. The Morgan fingerprint density at radius 3 is 2.52 bits per heavy atom. The normalized spacial score (nSPS) is 21.7. The number of fused-ring (bicyclic) bond motifs is 2. The van der Waals surface area contributed by atoms with E-state index in [4.69, 9.17) is 21.1 Å². The smallest absolute Gasteiger partial charge is 0.289 e. The van der Waals surface area contributed by atoms with Gasteiger partial charge in [-0.1, -0.05) is 29.8 Å². The van der Waals surface area contributed by atoms with E-state index >= 15 is 0 Å². The lowest BCUT2D eigenvalue weighted by molar-refractivity contribution is -0.384. The molecule has 1 fully saturated rings. The number of non-ortho nitro benzene ring substituents is 1. The molecule has 2 aliphatic heterocycles. The summed E-state index contributed by atoms with van der Waals surface area (Å²) in [7, 11) is -3.84. The number of carbonyl (C=O) groups excluding carboxylic acids is 1. The zero-order valence-electron chi connectivity index (χ0n) is 16.7. The molecule has 2 heterocycles. The van der Waals surface area contributed by atoms with Gasteiger partial charge in [0.1, 0.15) is 6.10 Å². The minimum Gasteiger partial charge on any atom is -0.335 e. The molecule has 1 saturated heterocycles. The molecule has 2 aliphatic rings. The summed E-state index contributed by atoms with van der Waals surface area (Å²) >= 11 is 6.22. The highest BCUT2D eigenvalue weighted by molar-refractivity contribution is 7.91. The minimum absolute atomic E-state index is 0.0210. The van der Waals surface area contributed by atoms with Crippen LogP contribution in [0.1, 0.15) is 17.2 Å². The number of halogens is 1. The molecule has 0 saturated carbocycles. The number of hydrogen-bond acceptors (Lipinski definition) is 7. The van der Waals surface area contributed by atoms with Gasteiger partial charge >= 0.3 is 0 Å². The molecule has 0 aromatic heterocycles. The van der Waals surface area contributed by atoms with Crippen LogP contribution < -0.4 is 5.32 Å². The van der Waals surface area contributed by atoms with Crippen molar-refractivity contribution in [3.8, 4) is 0 Å². The number of ether oxygens (including phenoxy) is 2. The van der Waals surface area contributed by atoms with Crippen molar-refractivity contribution < 1.29 is 27.6 Å². The van der Waals surface area contributed by atoms with Crippen LogP contribution in [0.2, 0.25) is 5.02 Å². The molecule has 0 bridgehead atoms. The van der Waals surface area contributed by atoms with Crippen LogP contribution in [-0.2, 0) is 29.9 Å². The second-order valence-corrected chi connectivity index (χ2v) is 9.83. The second kappa shape index (κ2) is 7.63. The van der Waals surface area contributed by atoms with Gasteiger partial charge in [0, 0.05) is 23.3 Å². The number of hydrogen-bond donors (Lipinski definition) is 1. The van der Waals surface area contributed by atoms with Crippen LogP contribution in [0.25, 0.3) is 0 Å². The van der Waals surface area contributed by atoms with Gasteiger partial charge in [0.25, 0.3) is 17.4 Å². The first-order valence-electron chi connectivity index (χ1n) is 9.74. The number of carbonyl (C=O) groups is 1. The number of nitro groups is 1. The van der Waals surface area contributed by atoms with Crippen molar-refractivity contribution in [2.24, 2.45) is 0 Å². The molecule has 1 amide bonds. The number of nitrogens with one attached hydrogen (secondary N) is 1. The number of benzene rings is 3. The van der Waals surface area contributed by atoms with Crippen LogP contribution in [0.4, 0.5) is 11.4 Å². The molecule has 5 rings (SSSR count). The van der Waals surface area contributed by atoms with Gasteiger partial charge in [-0.3, -0.25) is 14.9 Å². The van der Waals surface area contributed by atoms with E-state index in [9.17, 15) is 23.3 Å². The van der Waals surface area contributed by atoms with Crippen molar-refractivity contribution >= 4 is 38.7 Å². The van der Waals surface area contributed by atoms with Gasteiger partial charge in [-0.2, -0.15) is 0 Å². The highest BCUT2D eigenvalue weighted by atomic mass is 35.5. The maximum Gasteiger partial charge on any atom is 0.289 e. The number of nitrogens with zero attached hydrogens (tertiary/aromatic N) is 1. The van der Waals surface area contributed by atoms with Crippen LogP contribution >= 0.6 is 11.6 Å². The van der Waals surface area contributed by atoms with E-state index in [-0.39, 0.29) is 32.7 Å². The van der Waals surface area contributed by atoms with Crippen LogP contribution in [0.15, 0.2) is 76.5 Å². The zero-order chi connectivity index (χ0) is 23.4. The Morgan fingerprint density at radius 1 is 1.06 bits per heavy atom. The van der Waals surface area contributed by atoms with Gasteiger partial charge in [-0.15, -0.1) is 0 Å². The first-order chi connectivity index (χ1) is 15.7. The Balaban J connectivity index is 1.53. The standard InChI is InChI=1S/C22H15ClN2O7S/c23-18-10-13(25(27)28)6-8-16(18)20-12-31-22(32-20)17-11-15(7-9-19(17)24-21(22)26)33(29,30)14-4-2-1-3-5-14/h1-11,20H,12H2,(H,24,26)/t20?,22-/m1/s1. The number of sulfone groups is 1. The average molecular weight is 487 g/mol. The molecule has 9 nitrogen and oxygen atoms in total. The Bertz CT molecular complexity index is 1410. The summed E-state index contributed by atoms with van der Waals surface area (Å²) in [5.41, 5.74) is 0.818. The van der Waals surface area contributed by atoms with Crippen molar-refractivity contribution in [1.82, 2.24) is 0 Å². The van der Waals surface area contributed by atoms with Crippen molar-refractivity contribution in [3.05, 3.63) is 93.0 Å². The molecule has 1 unspecified atom stereocenters. The predicted octanol–water partition coefficient (Wildman–Crippen LogP) is 3.97. The van der Waals surface area contributed by atoms with Gasteiger partial charge in [-0.05, 0) is 36.4 Å². The van der Waals surface area contributed by atoms with Crippen LogP contribution in [0.5, 0.6) is 0 Å². The van der Waals surface area contributed by atoms with E-state index in [1.165, 1.54) is 48.5 Å². The molecule has 3 aromatic carbocycles. The topological polar surface area (TPSA) is 125 Å². The van der Waals surface area contributed by atoms with Gasteiger partial charge < -0.3 is 14.8 Å². The summed E-state index contributed by atoms with van der Waals surface area (Å²) in [6.45, 7) is -0.0694. The number of amides is 1. The van der Waals surface area contributed by atoms with E-state index < -0.39 is 32.6 Å². The molecule has 0 radical (unpaired) electrons. The fraction of sp³-hybridized carbons (Fsp3) is 0.136. The summed E-state index contributed by atoms with van der Waals surface area (Å²) in [6, 6.07) is 16.1. The maximum absolute atomic E-state index is 13.1. The fourth-order valence-electron chi connectivity index (χ4n) is 3.90. The number of rotatable bonds is 4. The lowest BCUT2D eigenvalue weighted by Crippen LogP contribution is -2.35. The Hall–Kier alpha value is -3.31. The summed E-state index contributed by atoms with van der Waals surface area (Å²) in [4.78, 5) is 23.4. The minimum atomic E-state index is -3.84. The SMILES string of the molecule is O=C1Nc2ccc(S(=O)(=O)c3ccccc3)cc2[C@]12OCC(c1ccc([N+](=O)[O-])cc1Cl)O2. The largest absolute Gasteiger partial charge is 0.335 e. The molecule has 2 atom stereocenters. The molecule has 0 aliphatic carbocycles. The van der Waals surface area contributed by atoms with Crippen LogP contribution in [-0.4, -0.2) is 25.9 Å². The maximum atomic E-state index is 13.1. The van der Waals surface area contributed by atoms with Crippen LogP contribution in [0, 0.1) is 10.1 Å². The fourth-order valence-corrected chi connectivity index (χ4v) is 5.50. The van der Waals surface area contributed by atoms with E-state index in [2.05, 4.69) is 5.32 Å². The summed E-state index contributed by atoms with van der Waals surface area (Å²) in [5, 5.41) is 13.7. The monoisotopic (exact) mass is 486 g/mol. The third-order valence-corrected chi connectivity index (χ3v) is 7.64. The molecule has 11 heteroatoms. The highest BCUT2D eigenvalue weighted by Crippen LogP contribution is 2.49. The molecule has 168 valence electrons. The lowest BCUT2D eigenvalue weighted by Gasteiger charge is -2.21. The second-order valence-electron chi connectivity index (χ2n) is 7.48. The van der Waals surface area contributed by atoms with E-state index in [0.717, 1.165) is 0 Å². The Labute approximate surface area is 193 Å². The predicted molar refractivity (Wildman–Crippen MR) is 117 cm³/mol. The summed E-state index contributed by atoms with van der Waals surface area (Å²) in [6.07, 6.45) is -0.801. The highest BCUT2D eigenvalue weighted by Gasteiger charge is 2.56. The Kier molecular flexibility index (Phi) is 4.98. The van der Waals surface area contributed by atoms with Gasteiger partial charge in [0.15, 0.2) is 0 Å². The van der Waals surface area contributed by atoms with Gasteiger partial charge in [0.05, 0.1) is 32.0 Å². The lowest BCUT2D eigenvalue weighted by atomic mass is 10.1. The van der Waals surface area contributed by atoms with Crippen LogP contribution in [0.3, 0.4) is 0 Å². The zero-order valence-corrected chi connectivity index (χ0v) is 18.3. The third kappa shape index (κ3) is 3.39. The van der Waals surface area contributed by atoms with Crippen molar-refractivity contribution in [3.63, 3.8) is 0 Å². The first kappa shape index (κ1) is 21.5.